The van der Waals surface area contributed by atoms with Crippen molar-refractivity contribution in [3.63, 3.8) is 0 Å². The Morgan fingerprint density at radius 2 is 2.07 bits per heavy atom. The van der Waals surface area contributed by atoms with Gasteiger partial charge in [0.25, 0.3) is 0 Å². The monoisotopic (exact) mass is 518 g/mol. The summed E-state index contributed by atoms with van der Waals surface area (Å²) in [7, 11) is 3.72. The number of guanidine groups is 1. The first-order valence-electron chi connectivity index (χ1n) is 9.26. The smallest absolute Gasteiger partial charge is 0.194 e. The highest BCUT2D eigenvalue weighted by molar-refractivity contribution is 14.0. The largest absolute Gasteiger partial charge is 0.494 e. The summed E-state index contributed by atoms with van der Waals surface area (Å²) < 4.78 is 11.0. The topological polar surface area (TPSA) is 59.0 Å². The Labute approximate surface area is 189 Å². The fraction of sp³-hybridized carbons (Fsp3) is 0.500. The lowest BCUT2D eigenvalue weighted by molar-refractivity contribution is 0.119. The minimum Gasteiger partial charge on any atom is -0.494 e. The van der Waals surface area contributed by atoms with Crippen LogP contribution >= 0.6 is 35.3 Å². The van der Waals surface area contributed by atoms with Gasteiger partial charge in [-0.25, -0.2) is 9.98 Å². The molecule has 1 unspecified atom stereocenters. The first-order valence-corrected chi connectivity index (χ1v) is 10.1. The lowest BCUT2D eigenvalue weighted by Crippen LogP contribution is -2.38. The van der Waals surface area contributed by atoms with Crippen LogP contribution in [0.3, 0.4) is 0 Å². The van der Waals surface area contributed by atoms with Crippen LogP contribution in [0.4, 0.5) is 0 Å². The van der Waals surface area contributed by atoms with Crippen LogP contribution in [-0.2, 0) is 17.8 Å². The quantitative estimate of drug-likeness (QED) is 0.302. The Kier molecular flexibility index (Phi) is 11.4. The van der Waals surface area contributed by atoms with Crippen LogP contribution in [0.1, 0.15) is 43.1 Å². The Hall–Kier alpha value is -1.39. The van der Waals surface area contributed by atoms with Gasteiger partial charge in [0.15, 0.2) is 5.96 Å². The maximum absolute atomic E-state index is 5.70. The summed E-state index contributed by atoms with van der Waals surface area (Å²) in [5, 5.41) is 6.42. The molecule has 1 aromatic heterocycles. The van der Waals surface area contributed by atoms with Gasteiger partial charge in [0.2, 0.25) is 0 Å². The van der Waals surface area contributed by atoms with Crippen LogP contribution in [0, 0.1) is 0 Å². The highest BCUT2D eigenvalue weighted by Gasteiger charge is 2.13. The molecule has 1 N–H and O–H groups in total. The third kappa shape index (κ3) is 7.21. The predicted octanol–water partition coefficient (Wildman–Crippen LogP) is 4.46. The van der Waals surface area contributed by atoms with Gasteiger partial charge >= 0.3 is 0 Å². The molecule has 1 atom stereocenters. The average Bonchev–Trinajstić information content (AvgIpc) is 3.14. The van der Waals surface area contributed by atoms with Crippen LogP contribution in [0.25, 0.3) is 0 Å². The molecule has 0 fully saturated rings. The molecule has 0 aliphatic rings. The van der Waals surface area contributed by atoms with Crippen LogP contribution in [0.5, 0.6) is 5.75 Å². The molecule has 2 aromatic rings. The molecule has 1 aromatic carbocycles. The number of rotatable bonds is 9. The van der Waals surface area contributed by atoms with Crippen molar-refractivity contribution in [2.45, 2.75) is 40.0 Å². The molecule has 1 heterocycles. The SMILES string of the molecule is CCNC(=NCc1ccccc1OCC)N(C)Cc1csc(C(C)OC)n1.I. The summed E-state index contributed by atoms with van der Waals surface area (Å²) in [6.45, 7) is 8.76. The molecular weight excluding hydrogens is 487 g/mol. The Bertz CT molecular complexity index is 739. The standard InChI is InChI=1S/C20H30N4O2S.HI/c1-6-21-20(22-12-16-10-8-9-11-18(16)26-7-2)24(4)13-17-14-27-19(23-17)15(3)25-5;/h8-11,14-15H,6-7,12-13H2,1-5H3,(H,21,22);1H. The number of thiazole rings is 1. The molecule has 0 saturated carbocycles. The van der Waals surface area contributed by atoms with E-state index in [2.05, 4.69) is 33.6 Å². The van der Waals surface area contributed by atoms with E-state index in [9.17, 15) is 0 Å². The number of nitrogens with one attached hydrogen (secondary N) is 1. The molecule has 2 rings (SSSR count). The molecule has 0 bridgehead atoms. The number of nitrogens with zero attached hydrogens (tertiary/aromatic N) is 3. The number of methoxy groups -OCH3 is 1. The van der Waals surface area contributed by atoms with Gasteiger partial charge in [-0.3, -0.25) is 0 Å². The van der Waals surface area contributed by atoms with Gasteiger partial charge in [0, 0.05) is 31.6 Å². The summed E-state index contributed by atoms with van der Waals surface area (Å²) in [4.78, 5) is 11.5. The van der Waals surface area contributed by atoms with Gasteiger partial charge < -0.3 is 19.7 Å². The van der Waals surface area contributed by atoms with Crippen molar-refractivity contribution >= 4 is 41.3 Å². The van der Waals surface area contributed by atoms with Crippen LogP contribution in [-0.4, -0.2) is 43.2 Å². The van der Waals surface area contributed by atoms with E-state index >= 15 is 0 Å². The van der Waals surface area contributed by atoms with Crippen molar-refractivity contribution in [1.29, 1.82) is 0 Å². The van der Waals surface area contributed by atoms with E-state index < -0.39 is 0 Å². The number of aromatic nitrogens is 1. The second-order valence-corrected chi connectivity index (χ2v) is 7.01. The lowest BCUT2D eigenvalue weighted by Gasteiger charge is -2.21. The van der Waals surface area contributed by atoms with E-state index in [1.165, 1.54) is 0 Å². The van der Waals surface area contributed by atoms with Gasteiger partial charge in [-0.05, 0) is 26.8 Å². The zero-order valence-electron chi connectivity index (χ0n) is 17.3. The number of benzene rings is 1. The van der Waals surface area contributed by atoms with E-state index in [-0.39, 0.29) is 30.1 Å². The number of para-hydroxylation sites is 1. The second kappa shape index (κ2) is 12.9. The molecule has 0 spiro atoms. The number of ether oxygens (including phenoxy) is 2. The zero-order chi connectivity index (χ0) is 19.6. The van der Waals surface area contributed by atoms with Crippen LogP contribution in [0.15, 0.2) is 34.6 Å². The molecule has 8 heteroatoms. The lowest BCUT2D eigenvalue weighted by atomic mass is 10.2. The third-order valence-corrected chi connectivity index (χ3v) is 5.09. The van der Waals surface area contributed by atoms with E-state index in [1.807, 2.05) is 39.1 Å². The summed E-state index contributed by atoms with van der Waals surface area (Å²) in [5.74, 6) is 1.73. The molecule has 156 valence electrons. The van der Waals surface area contributed by atoms with Crippen molar-refractivity contribution < 1.29 is 9.47 Å². The normalized spacial score (nSPS) is 12.2. The fourth-order valence-electron chi connectivity index (χ4n) is 2.56. The molecule has 0 radical (unpaired) electrons. The van der Waals surface area contributed by atoms with Crippen molar-refractivity contribution in [2.24, 2.45) is 4.99 Å². The molecule has 0 aliphatic carbocycles. The summed E-state index contributed by atoms with van der Waals surface area (Å²) in [6.07, 6.45) is 0.0195. The fourth-order valence-corrected chi connectivity index (χ4v) is 3.40. The summed E-state index contributed by atoms with van der Waals surface area (Å²) >= 11 is 1.63. The first kappa shape index (κ1) is 24.6. The number of aliphatic imine (C=N–C) groups is 1. The molecule has 28 heavy (non-hydrogen) atoms. The van der Waals surface area contributed by atoms with Gasteiger partial charge in [0.05, 0.1) is 25.4 Å². The number of hydrogen-bond donors (Lipinski definition) is 1. The molecule has 0 saturated heterocycles. The molecule has 0 aliphatic heterocycles. The van der Waals surface area contributed by atoms with Gasteiger partial charge in [-0.15, -0.1) is 35.3 Å². The van der Waals surface area contributed by atoms with Gasteiger partial charge in [-0.1, -0.05) is 18.2 Å². The molecular formula is C20H31IN4O2S. The van der Waals surface area contributed by atoms with Crippen molar-refractivity contribution in [3.05, 3.63) is 45.9 Å². The van der Waals surface area contributed by atoms with Crippen LogP contribution in [0.2, 0.25) is 0 Å². The maximum Gasteiger partial charge on any atom is 0.194 e. The van der Waals surface area contributed by atoms with E-state index in [0.29, 0.717) is 19.7 Å². The predicted molar refractivity (Wildman–Crippen MR) is 127 cm³/mol. The highest BCUT2D eigenvalue weighted by Crippen LogP contribution is 2.21. The van der Waals surface area contributed by atoms with Crippen molar-refractivity contribution in [2.75, 3.05) is 27.3 Å². The van der Waals surface area contributed by atoms with E-state index in [4.69, 9.17) is 14.5 Å². The summed E-state index contributed by atoms with van der Waals surface area (Å²) in [6, 6.07) is 8.03. The van der Waals surface area contributed by atoms with Crippen LogP contribution < -0.4 is 10.1 Å². The molecule has 6 nitrogen and oxygen atoms in total. The van der Waals surface area contributed by atoms with E-state index in [1.54, 1.807) is 18.4 Å². The minimum absolute atomic E-state index is 0. The van der Waals surface area contributed by atoms with Gasteiger partial charge in [0.1, 0.15) is 16.9 Å². The second-order valence-electron chi connectivity index (χ2n) is 6.12. The minimum atomic E-state index is 0. The Morgan fingerprint density at radius 3 is 2.75 bits per heavy atom. The summed E-state index contributed by atoms with van der Waals surface area (Å²) in [5.41, 5.74) is 2.09. The zero-order valence-corrected chi connectivity index (χ0v) is 20.4. The first-order chi connectivity index (χ1) is 13.1. The number of hydrogen-bond acceptors (Lipinski definition) is 5. The molecule has 0 amide bonds. The average molecular weight is 518 g/mol. The van der Waals surface area contributed by atoms with E-state index in [0.717, 1.165) is 34.5 Å². The van der Waals surface area contributed by atoms with Crippen molar-refractivity contribution in [3.8, 4) is 5.75 Å². The Morgan fingerprint density at radius 1 is 1.32 bits per heavy atom. The highest BCUT2D eigenvalue weighted by atomic mass is 127. The maximum atomic E-state index is 5.70. The number of halogens is 1. The third-order valence-electron chi connectivity index (χ3n) is 4.04. The van der Waals surface area contributed by atoms with Gasteiger partial charge in [-0.2, -0.15) is 0 Å². The van der Waals surface area contributed by atoms with Crippen molar-refractivity contribution in [1.82, 2.24) is 15.2 Å². The Balaban J connectivity index is 0.00000392.